The molecule has 2 nitrogen and oxygen atoms in total. The maximum Gasteiger partial charge on any atom is 0.0957 e. The van der Waals surface area contributed by atoms with Crippen LogP contribution in [0.3, 0.4) is 0 Å². The van der Waals surface area contributed by atoms with Crippen molar-refractivity contribution in [2.24, 2.45) is 11.8 Å². The molecule has 94 valence electrons. The lowest BCUT2D eigenvalue weighted by atomic mass is 9.79. The van der Waals surface area contributed by atoms with Gasteiger partial charge in [-0.25, -0.2) is 4.98 Å². The van der Waals surface area contributed by atoms with Crippen LogP contribution in [-0.2, 0) is 0 Å². The van der Waals surface area contributed by atoms with Crippen LogP contribution in [0.15, 0.2) is 24.0 Å². The van der Waals surface area contributed by atoms with E-state index in [1.165, 1.54) is 36.9 Å². The quantitative estimate of drug-likeness (QED) is 0.744. The Morgan fingerprint density at radius 3 is 2.94 bits per heavy atom. The van der Waals surface area contributed by atoms with Crippen LogP contribution in [0.2, 0.25) is 0 Å². The number of nitrogens with zero attached hydrogens (tertiary/aromatic N) is 2. The molecule has 0 aromatic carbocycles. The lowest BCUT2D eigenvalue weighted by Gasteiger charge is -2.31. The van der Waals surface area contributed by atoms with E-state index in [4.69, 9.17) is 0 Å². The van der Waals surface area contributed by atoms with Crippen molar-refractivity contribution in [3.8, 4) is 11.3 Å². The molecule has 2 aromatic rings. The second-order valence-electron chi connectivity index (χ2n) is 5.85. The summed E-state index contributed by atoms with van der Waals surface area (Å²) < 4.78 is 2.42. The van der Waals surface area contributed by atoms with E-state index in [1.54, 1.807) is 4.88 Å². The van der Waals surface area contributed by atoms with Gasteiger partial charge in [0.05, 0.1) is 24.3 Å². The number of imidazole rings is 1. The van der Waals surface area contributed by atoms with Gasteiger partial charge in [0.1, 0.15) is 0 Å². The van der Waals surface area contributed by atoms with E-state index < -0.39 is 0 Å². The Morgan fingerprint density at radius 2 is 2.11 bits per heavy atom. The van der Waals surface area contributed by atoms with E-state index in [9.17, 15) is 0 Å². The first-order valence-corrected chi connectivity index (χ1v) is 7.82. The second kappa shape index (κ2) is 3.95. The first-order chi connectivity index (χ1) is 8.84. The fraction of sp³-hybridized carbons (Fsp3) is 0.533. The molecule has 4 rings (SSSR count). The predicted molar refractivity (Wildman–Crippen MR) is 74.8 cm³/mol. The van der Waals surface area contributed by atoms with E-state index >= 15 is 0 Å². The fourth-order valence-electron chi connectivity index (χ4n) is 3.67. The Morgan fingerprint density at radius 1 is 1.28 bits per heavy atom. The first kappa shape index (κ1) is 10.8. The zero-order valence-electron chi connectivity index (χ0n) is 10.7. The van der Waals surface area contributed by atoms with Gasteiger partial charge in [-0.15, -0.1) is 11.3 Å². The summed E-state index contributed by atoms with van der Waals surface area (Å²) in [5.74, 6) is 1.74. The van der Waals surface area contributed by atoms with Crippen molar-refractivity contribution in [2.45, 2.75) is 38.6 Å². The predicted octanol–water partition coefficient (Wildman–Crippen LogP) is 4.34. The van der Waals surface area contributed by atoms with Gasteiger partial charge >= 0.3 is 0 Å². The standard InChI is InChI=1S/C15H18N2S/c1-10-2-4-11(5-3-10)14-15-12(6-7-18-15)13-8-16-9-17(13)14/h6-11,14H,2-5H2,1H3/t10?,11?,14-/m1/s1. The molecule has 0 unspecified atom stereocenters. The third-order valence-electron chi connectivity index (χ3n) is 4.71. The molecule has 0 radical (unpaired) electrons. The van der Waals surface area contributed by atoms with Gasteiger partial charge in [-0.3, -0.25) is 0 Å². The van der Waals surface area contributed by atoms with Crippen LogP contribution in [0.4, 0.5) is 0 Å². The van der Waals surface area contributed by atoms with Gasteiger partial charge in [-0.2, -0.15) is 0 Å². The minimum Gasteiger partial charge on any atom is -0.322 e. The van der Waals surface area contributed by atoms with Crippen molar-refractivity contribution in [3.63, 3.8) is 0 Å². The van der Waals surface area contributed by atoms with Crippen LogP contribution in [0.5, 0.6) is 0 Å². The van der Waals surface area contributed by atoms with Gasteiger partial charge in [-0.1, -0.05) is 19.8 Å². The Bertz CT molecular complexity index is 520. The number of hydrogen-bond donors (Lipinski definition) is 0. The van der Waals surface area contributed by atoms with Gasteiger partial charge in [-0.05, 0) is 36.1 Å². The number of fused-ring (bicyclic) bond motifs is 3. The maximum absolute atomic E-state index is 4.35. The van der Waals surface area contributed by atoms with Crippen LogP contribution in [0.1, 0.15) is 43.5 Å². The molecule has 0 spiro atoms. The van der Waals surface area contributed by atoms with Gasteiger partial charge in [0.2, 0.25) is 0 Å². The lowest BCUT2D eigenvalue weighted by molar-refractivity contribution is 0.242. The minimum absolute atomic E-state index is 0.574. The smallest absolute Gasteiger partial charge is 0.0957 e. The molecule has 0 bridgehead atoms. The number of hydrogen-bond acceptors (Lipinski definition) is 2. The molecule has 1 fully saturated rings. The van der Waals surface area contributed by atoms with Gasteiger partial charge < -0.3 is 4.57 Å². The average molecular weight is 258 g/mol. The van der Waals surface area contributed by atoms with Crippen molar-refractivity contribution in [1.29, 1.82) is 0 Å². The van der Waals surface area contributed by atoms with Gasteiger partial charge in [0, 0.05) is 10.4 Å². The highest BCUT2D eigenvalue weighted by atomic mass is 32.1. The van der Waals surface area contributed by atoms with Crippen molar-refractivity contribution in [2.75, 3.05) is 0 Å². The normalized spacial score (nSPS) is 30.2. The summed E-state index contributed by atoms with van der Waals surface area (Å²) in [6.45, 7) is 2.39. The summed E-state index contributed by atoms with van der Waals surface area (Å²) in [5.41, 5.74) is 2.76. The highest BCUT2D eigenvalue weighted by Crippen LogP contribution is 2.49. The summed E-state index contributed by atoms with van der Waals surface area (Å²) in [6.07, 6.45) is 9.60. The first-order valence-electron chi connectivity index (χ1n) is 6.94. The molecule has 3 heterocycles. The zero-order chi connectivity index (χ0) is 12.1. The van der Waals surface area contributed by atoms with E-state index in [-0.39, 0.29) is 0 Å². The molecule has 1 atom stereocenters. The Balaban J connectivity index is 1.74. The molecule has 0 N–H and O–H groups in total. The monoisotopic (exact) mass is 258 g/mol. The van der Waals surface area contributed by atoms with Crippen LogP contribution < -0.4 is 0 Å². The number of aromatic nitrogens is 2. The van der Waals surface area contributed by atoms with Crippen LogP contribution >= 0.6 is 11.3 Å². The third kappa shape index (κ3) is 1.43. The number of rotatable bonds is 1. The molecule has 2 aliphatic rings. The molecular weight excluding hydrogens is 240 g/mol. The molecule has 18 heavy (non-hydrogen) atoms. The molecule has 1 aliphatic heterocycles. The van der Waals surface area contributed by atoms with E-state index in [0.29, 0.717) is 6.04 Å². The third-order valence-corrected chi connectivity index (χ3v) is 5.70. The Hall–Kier alpha value is -1.09. The Kier molecular flexibility index (Phi) is 2.37. The molecule has 0 saturated heterocycles. The molecule has 0 amide bonds. The Labute approximate surface area is 112 Å². The highest BCUT2D eigenvalue weighted by molar-refractivity contribution is 7.10. The largest absolute Gasteiger partial charge is 0.322 e. The summed E-state index contributed by atoms with van der Waals surface area (Å²) >= 11 is 1.93. The molecular formula is C15H18N2S. The van der Waals surface area contributed by atoms with Gasteiger partial charge in [0.15, 0.2) is 0 Å². The summed E-state index contributed by atoms with van der Waals surface area (Å²) in [7, 11) is 0. The zero-order valence-corrected chi connectivity index (χ0v) is 11.5. The molecule has 1 aliphatic carbocycles. The lowest BCUT2D eigenvalue weighted by Crippen LogP contribution is -2.22. The van der Waals surface area contributed by atoms with Crippen LogP contribution in [0.25, 0.3) is 11.3 Å². The molecule has 1 saturated carbocycles. The summed E-state index contributed by atoms with van der Waals surface area (Å²) in [5, 5.41) is 2.24. The van der Waals surface area contributed by atoms with Gasteiger partial charge in [0.25, 0.3) is 0 Å². The molecule has 2 aromatic heterocycles. The van der Waals surface area contributed by atoms with Crippen LogP contribution in [-0.4, -0.2) is 9.55 Å². The van der Waals surface area contributed by atoms with Crippen molar-refractivity contribution >= 4 is 11.3 Å². The maximum atomic E-state index is 4.35. The summed E-state index contributed by atoms with van der Waals surface area (Å²) in [4.78, 5) is 5.93. The van der Waals surface area contributed by atoms with E-state index in [1.807, 2.05) is 23.9 Å². The highest BCUT2D eigenvalue weighted by Gasteiger charge is 2.36. The summed E-state index contributed by atoms with van der Waals surface area (Å²) in [6, 6.07) is 2.84. The van der Waals surface area contributed by atoms with Crippen LogP contribution in [0, 0.1) is 11.8 Å². The SMILES string of the molecule is CC1CCC([C@@H]2c3sccc3-c3cncn32)CC1. The number of thiophene rings is 1. The fourth-order valence-corrected chi connectivity index (χ4v) is 4.76. The van der Waals surface area contributed by atoms with Crippen molar-refractivity contribution in [1.82, 2.24) is 9.55 Å². The topological polar surface area (TPSA) is 17.8 Å². The minimum atomic E-state index is 0.574. The van der Waals surface area contributed by atoms with Crippen molar-refractivity contribution in [3.05, 3.63) is 28.8 Å². The average Bonchev–Trinajstić information content (AvgIpc) is 3.03. The van der Waals surface area contributed by atoms with E-state index in [2.05, 4.69) is 27.9 Å². The van der Waals surface area contributed by atoms with E-state index in [0.717, 1.165) is 11.8 Å². The van der Waals surface area contributed by atoms with Crippen molar-refractivity contribution < 1.29 is 0 Å². The second-order valence-corrected chi connectivity index (χ2v) is 6.80. The molecule has 3 heteroatoms.